The van der Waals surface area contributed by atoms with Crippen molar-refractivity contribution >= 4 is 40.0 Å². The van der Waals surface area contributed by atoms with E-state index in [0.717, 1.165) is 58.1 Å². The summed E-state index contributed by atoms with van der Waals surface area (Å²) in [4.78, 5) is 6.95. The molecular formula is C18H39IN4O4S. The third kappa shape index (κ3) is 10.6. The van der Waals surface area contributed by atoms with Gasteiger partial charge in [-0.05, 0) is 39.5 Å². The van der Waals surface area contributed by atoms with Crippen LogP contribution in [-0.2, 0) is 19.5 Å². The summed E-state index contributed by atoms with van der Waals surface area (Å²) >= 11 is 0. The number of hydrogen-bond donors (Lipinski definition) is 1. The van der Waals surface area contributed by atoms with Gasteiger partial charge in [0.2, 0.25) is 10.0 Å². The molecule has 8 nitrogen and oxygen atoms in total. The van der Waals surface area contributed by atoms with E-state index in [-0.39, 0.29) is 29.7 Å². The Bertz CT molecular complexity index is 526. The number of nitrogens with one attached hydrogen (secondary N) is 1. The molecule has 0 spiro atoms. The van der Waals surface area contributed by atoms with Crippen molar-refractivity contribution in [3.8, 4) is 0 Å². The highest BCUT2D eigenvalue weighted by molar-refractivity contribution is 14.0. The first-order valence-electron chi connectivity index (χ1n) is 10.0. The minimum atomic E-state index is -3.11. The summed E-state index contributed by atoms with van der Waals surface area (Å²) in [6.07, 6.45) is 3.95. The Balaban J connectivity index is 0.00000729. The van der Waals surface area contributed by atoms with Crippen LogP contribution < -0.4 is 5.32 Å². The van der Waals surface area contributed by atoms with E-state index in [1.54, 1.807) is 21.1 Å². The van der Waals surface area contributed by atoms with Crippen LogP contribution in [0.5, 0.6) is 0 Å². The molecule has 0 atom stereocenters. The maximum Gasteiger partial charge on any atom is 0.213 e. The van der Waals surface area contributed by atoms with Gasteiger partial charge in [-0.15, -0.1) is 24.0 Å². The summed E-state index contributed by atoms with van der Waals surface area (Å²) in [6, 6.07) is 0. The smallest absolute Gasteiger partial charge is 0.213 e. The summed E-state index contributed by atoms with van der Waals surface area (Å²) in [6.45, 7) is 8.98. The minimum absolute atomic E-state index is 0. The van der Waals surface area contributed by atoms with Gasteiger partial charge in [0, 0.05) is 60.1 Å². The van der Waals surface area contributed by atoms with Gasteiger partial charge in [0.1, 0.15) is 0 Å². The van der Waals surface area contributed by atoms with Crippen molar-refractivity contribution < 1.29 is 17.9 Å². The first-order valence-corrected chi connectivity index (χ1v) is 11.6. The predicted molar refractivity (Wildman–Crippen MR) is 125 cm³/mol. The lowest BCUT2D eigenvalue weighted by atomic mass is 10.1. The number of likely N-dealkylation sites (tertiary alicyclic amines) is 1. The van der Waals surface area contributed by atoms with E-state index >= 15 is 0 Å². The Kier molecular flexibility index (Phi) is 15.5. The van der Waals surface area contributed by atoms with Crippen LogP contribution in [0.4, 0.5) is 0 Å². The largest absolute Gasteiger partial charge is 0.385 e. The van der Waals surface area contributed by atoms with Crippen LogP contribution >= 0.6 is 24.0 Å². The van der Waals surface area contributed by atoms with Gasteiger partial charge in [-0.1, -0.05) is 0 Å². The summed E-state index contributed by atoms with van der Waals surface area (Å²) in [7, 11) is 0.229. The molecular weight excluding hydrogens is 495 g/mol. The molecule has 1 heterocycles. The van der Waals surface area contributed by atoms with E-state index in [1.165, 1.54) is 4.31 Å². The minimum Gasteiger partial charge on any atom is -0.385 e. The molecule has 1 rings (SSSR count). The van der Waals surface area contributed by atoms with E-state index in [0.29, 0.717) is 25.6 Å². The quantitative estimate of drug-likeness (QED) is 0.178. The molecule has 0 aliphatic carbocycles. The fourth-order valence-electron chi connectivity index (χ4n) is 2.95. The Morgan fingerprint density at radius 2 is 1.89 bits per heavy atom. The standard InChI is InChI=1S/C18H38N4O4S.HI/c1-5-19-18(20-11-7-12-21(3)27(23,24)6-2)22-13-9-17(10-14-22)26-16-8-15-25-4;/h17H,5-16H2,1-4H3,(H,19,20);1H. The molecule has 0 aromatic heterocycles. The molecule has 1 aliphatic rings. The average Bonchev–Trinajstić information content (AvgIpc) is 2.68. The lowest BCUT2D eigenvalue weighted by molar-refractivity contribution is 0.00990. The summed E-state index contributed by atoms with van der Waals surface area (Å²) in [5, 5.41) is 3.34. The molecule has 1 aliphatic heterocycles. The number of rotatable bonds is 12. The second-order valence-electron chi connectivity index (χ2n) is 6.71. The molecule has 0 unspecified atom stereocenters. The van der Waals surface area contributed by atoms with Crippen molar-refractivity contribution in [1.29, 1.82) is 0 Å². The van der Waals surface area contributed by atoms with Crippen LogP contribution in [0.2, 0.25) is 0 Å². The van der Waals surface area contributed by atoms with Gasteiger partial charge in [-0.3, -0.25) is 4.99 Å². The van der Waals surface area contributed by atoms with Gasteiger partial charge in [-0.25, -0.2) is 12.7 Å². The van der Waals surface area contributed by atoms with E-state index < -0.39 is 10.0 Å². The number of guanidine groups is 1. The zero-order chi connectivity index (χ0) is 20.1. The van der Waals surface area contributed by atoms with Crippen LogP contribution in [-0.4, -0.2) is 95.5 Å². The fraction of sp³-hybridized carbons (Fsp3) is 0.944. The van der Waals surface area contributed by atoms with Crippen molar-refractivity contribution in [2.75, 3.05) is 65.8 Å². The average molecular weight is 535 g/mol. The van der Waals surface area contributed by atoms with E-state index in [2.05, 4.69) is 22.1 Å². The van der Waals surface area contributed by atoms with Gasteiger partial charge in [0.25, 0.3) is 0 Å². The molecule has 168 valence electrons. The fourth-order valence-corrected chi connectivity index (χ4v) is 3.80. The van der Waals surface area contributed by atoms with Gasteiger partial charge >= 0.3 is 0 Å². The summed E-state index contributed by atoms with van der Waals surface area (Å²) < 4.78 is 35.9. The lowest BCUT2D eigenvalue weighted by Gasteiger charge is -2.34. The predicted octanol–water partition coefficient (Wildman–Crippen LogP) is 1.76. The third-order valence-electron chi connectivity index (χ3n) is 4.66. The van der Waals surface area contributed by atoms with Gasteiger partial charge < -0.3 is 19.7 Å². The van der Waals surface area contributed by atoms with Crippen LogP contribution in [0.3, 0.4) is 0 Å². The first-order chi connectivity index (χ1) is 12.9. The molecule has 0 radical (unpaired) electrons. The summed E-state index contributed by atoms with van der Waals surface area (Å²) in [5.41, 5.74) is 0. The zero-order valence-corrected chi connectivity index (χ0v) is 21.0. The topological polar surface area (TPSA) is 83.5 Å². The third-order valence-corrected chi connectivity index (χ3v) is 6.52. The molecule has 0 aromatic carbocycles. The Morgan fingerprint density at radius 3 is 2.46 bits per heavy atom. The maximum absolute atomic E-state index is 11.8. The van der Waals surface area contributed by atoms with Crippen molar-refractivity contribution in [2.24, 2.45) is 4.99 Å². The van der Waals surface area contributed by atoms with Gasteiger partial charge in [-0.2, -0.15) is 0 Å². The number of ether oxygens (including phenoxy) is 2. The lowest BCUT2D eigenvalue weighted by Crippen LogP contribution is -2.47. The molecule has 0 bridgehead atoms. The van der Waals surface area contributed by atoms with Crippen LogP contribution in [0.25, 0.3) is 0 Å². The van der Waals surface area contributed by atoms with Crippen molar-refractivity contribution in [1.82, 2.24) is 14.5 Å². The van der Waals surface area contributed by atoms with Crippen LogP contribution in [0.15, 0.2) is 4.99 Å². The second-order valence-corrected chi connectivity index (χ2v) is 9.08. The molecule has 0 amide bonds. The molecule has 0 aromatic rings. The number of piperidine rings is 1. The van der Waals surface area contributed by atoms with Crippen molar-refractivity contribution in [3.05, 3.63) is 0 Å². The van der Waals surface area contributed by atoms with E-state index in [4.69, 9.17) is 9.47 Å². The molecule has 1 fully saturated rings. The van der Waals surface area contributed by atoms with Crippen molar-refractivity contribution in [2.45, 2.75) is 45.6 Å². The first kappa shape index (κ1) is 27.8. The normalized spacial score (nSPS) is 16.3. The Labute approximate surface area is 188 Å². The SMILES string of the molecule is CCNC(=NCCCN(C)S(=O)(=O)CC)N1CCC(OCCCOC)CC1.I. The second kappa shape index (κ2) is 15.6. The zero-order valence-electron chi connectivity index (χ0n) is 17.9. The number of aliphatic imine (C=N–C) groups is 1. The van der Waals surface area contributed by atoms with Gasteiger partial charge in [0.15, 0.2) is 5.96 Å². The van der Waals surface area contributed by atoms with E-state index in [1.807, 2.05) is 0 Å². The highest BCUT2D eigenvalue weighted by Crippen LogP contribution is 2.14. The van der Waals surface area contributed by atoms with Crippen LogP contribution in [0, 0.1) is 0 Å². The van der Waals surface area contributed by atoms with Gasteiger partial charge in [0.05, 0.1) is 11.9 Å². The van der Waals surface area contributed by atoms with E-state index in [9.17, 15) is 8.42 Å². The molecule has 0 saturated carbocycles. The number of nitrogens with zero attached hydrogens (tertiary/aromatic N) is 3. The number of hydrogen-bond acceptors (Lipinski definition) is 5. The van der Waals surface area contributed by atoms with Crippen molar-refractivity contribution in [3.63, 3.8) is 0 Å². The molecule has 1 saturated heterocycles. The monoisotopic (exact) mass is 534 g/mol. The summed E-state index contributed by atoms with van der Waals surface area (Å²) in [5.74, 6) is 1.05. The number of halogens is 1. The van der Waals surface area contributed by atoms with Crippen LogP contribution in [0.1, 0.15) is 39.5 Å². The number of sulfonamides is 1. The Morgan fingerprint density at radius 1 is 1.21 bits per heavy atom. The Hall–Kier alpha value is -0.170. The number of methoxy groups -OCH3 is 1. The molecule has 28 heavy (non-hydrogen) atoms. The highest BCUT2D eigenvalue weighted by Gasteiger charge is 2.22. The highest BCUT2D eigenvalue weighted by atomic mass is 127. The maximum atomic E-state index is 11.8. The molecule has 10 heteroatoms. The molecule has 1 N–H and O–H groups in total.